The molecule has 1 heterocycles. The molecule has 0 aromatic carbocycles. The van der Waals surface area contributed by atoms with Gasteiger partial charge in [0.1, 0.15) is 0 Å². The SMILES string of the molecule is CCCCNC(=O)NCC(N)C1CCCOC1. The Morgan fingerprint density at radius 2 is 2.35 bits per heavy atom. The van der Waals surface area contributed by atoms with Gasteiger partial charge in [0.2, 0.25) is 0 Å². The van der Waals surface area contributed by atoms with Crippen molar-refractivity contribution in [3.63, 3.8) is 0 Å². The van der Waals surface area contributed by atoms with Gasteiger partial charge in [0.15, 0.2) is 0 Å². The van der Waals surface area contributed by atoms with Gasteiger partial charge in [0, 0.05) is 25.7 Å². The molecule has 0 bridgehead atoms. The highest BCUT2D eigenvalue weighted by Crippen LogP contribution is 2.15. The average molecular weight is 243 g/mol. The lowest BCUT2D eigenvalue weighted by Gasteiger charge is -2.27. The number of carbonyl (C=O) groups excluding carboxylic acids is 1. The average Bonchev–Trinajstić information content (AvgIpc) is 2.37. The van der Waals surface area contributed by atoms with Crippen molar-refractivity contribution in [3.8, 4) is 0 Å². The van der Waals surface area contributed by atoms with Crippen LogP contribution in [0.15, 0.2) is 0 Å². The van der Waals surface area contributed by atoms with E-state index in [1.165, 1.54) is 0 Å². The molecule has 2 amide bonds. The molecular formula is C12H25N3O2. The van der Waals surface area contributed by atoms with Crippen LogP contribution < -0.4 is 16.4 Å². The third-order valence-corrected chi connectivity index (χ3v) is 3.12. The Morgan fingerprint density at radius 3 is 3.00 bits per heavy atom. The van der Waals surface area contributed by atoms with Crippen LogP contribution in [-0.4, -0.2) is 38.4 Å². The molecule has 0 spiro atoms. The molecule has 1 saturated heterocycles. The molecule has 5 heteroatoms. The second kappa shape index (κ2) is 8.31. The first-order valence-electron chi connectivity index (χ1n) is 6.59. The molecule has 1 fully saturated rings. The summed E-state index contributed by atoms with van der Waals surface area (Å²) in [5.41, 5.74) is 6.03. The van der Waals surface area contributed by atoms with Crippen LogP contribution in [0, 0.1) is 5.92 Å². The van der Waals surface area contributed by atoms with E-state index in [0.29, 0.717) is 12.5 Å². The van der Waals surface area contributed by atoms with Gasteiger partial charge in [-0.3, -0.25) is 0 Å². The van der Waals surface area contributed by atoms with Crippen LogP contribution >= 0.6 is 0 Å². The van der Waals surface area contributed by atoms with E-state index in [1.807, 2.05) is 0 Å². The maximum atomic E-state index is 11.4. The first-order chi connectivity index (χ1) is 8.24. The number of urea groups is 1. The van der Waals surface area contributed by atoms with E-state index < -0.39 is 0 Å². The van der Waals surface area contributed by atoms with Gasteiger partial charge in [-0.15, -0.1) is 0 Å². The van der Waals surface area contributed by atoms with Crippen molar-refractivity contribution in [3.05, 3.63) is 0 Å². The van der Waals surface area contributed by atoms with Crippen LogP contribution in [0.5, 0.6) is 0 Å². The summed E-state index contributed by atoms with van der Waals surface area (Å²) in [7, 11) is 0. The number of ether oxygens (including phenoxy) is 1. The van der Waals surface area contributed by atoms with Crippen molar-refractivity contribution in [2.75, 3.05) is 26.3 Å². The summed E-state index contributed by atoms with van der Waals surface area (Å²) >= 11 is 0. The Balaban J connectivity index is 2.09. The zero-order valence-electron chi connectivity index (χ0n) is 10.7. The zero-order chi connectivity index (χ0) is 12.5. The van der Waals surface area contributed by atoms with E-state index >= 15 is 0 Å². The topological polar surface area (TPSA) is 76.4 Å². The van der Waals surface area contributed by atoms with E-state index in [1.54, 1.807) is 0 Å². The third kappa shape index (κ3) is 5.89. The Bertz CT molecular complexity index is 218. The minimum Gasteiger partial charge on any atom is -0.381 e. The lowest BCUT2D eigenvalue weighted by molar-refractivity contribution is 0.0452. The van der Waals surface area contributed by atoms with Gasteiger partial charge in [-0.05, 0) is 25.2 Å². The quantitative estimate of drug-likeness (QED) is 0.605. The number of amides is 2. The zero-order valence-corrected chi connectivity index (χ0v) is 10.7. The Hall–Kier alpha value is -0.810. The number of nitrogens with one attached hydrogen (secondary N) is 2. The molecule has 2 atom stereocenters. The van der Waals surface area contributed by atoms with Gasteiger partial charge in [0.25, 0.3) is 0 Å². The van der Waals surface area contributed by atoms with Crippen LogP contribution in [0.3, 0.4) is 0 Å². The molecular weight excluding hydrogens is 218 g/mol. The van der Waals surface area contributed by atoms with Crippen molar-refractivity contribution in [2.24, 2.45) is 11.7 Å². The van der Waals surface area contributed by atoms with Crippen LogP contribution in [0.25, 0.3) is 0 Å². The molecule has 2 unspecified atom stereocenters. The summed E-state index contributed by atoms with van der Waals surface area (Å²) < 4.78 is 5.38. The molecule has 1 aliphatic heterocycles. The number of nitrogens with two attached hydrogens (primary N) is 1. The largest absolute Gasteiger partial charge is 0.381 e. The highest BCUT2D eigenvalue weighted by Gasteiger charge is 2.21. The fourth-order valence-corrected chi connectivity index (χ4v) is 1.92. The van der Waals surface area contributed by atoms with Crippen molar-refractivity contribution >= 4 is 6.03 Å². The van der Waals surface area contributed by atoms with Gasteiger partial charge in [-0.25, -0.2) is 4.79 Å². The third-order valence-electron chi connectivity index (χ3n) is 3.12. The second-order valence-electron chi connectivity index (χ2n) is 4.63. The monoisotopic (exact) mass is 243 g/mol. The van der Waals surface area contributed by atoms with Crippen LogP contribution in [0.2, 0.25) is 0 Å². The van der Waals surface area contributed by atoms with Crippen LogP contribution in [0.1, 0.15) is 32.6 Å². The van der Waals surface area contributed by atoms with E-state index in [-0.39, 0.29) is 12.1 Å². The number of carbonyl (C=O) groups is 1. The fourth-order valence-electron chi connectivity index (χ4n) is 1.92. The van der Waals surface area contributed by atoms with E-state index in [4.69, 9.17) is 10.5 Å². The molecule has 4 N–H and O–H groups in total. The van der Waals surface area contributed by atoms with Gasteiger partial charge < -0.3 is 21.1 Å². The van der Waals surface area contributed by atoms with Crippen molar-refractivity contribution < 1.29 is 9.53 Å². The highest BCUT2D eigenvalue weighted by atomic mass is 16.5. The van der Waals surface area contributed by atoms with Gasteiger partial charge in [-0.1, -0.05) is 13.3 Å². The highest BCUT2D eigenvalue weighted by molar-refractivity contribution is 5.73. The molecule has 100 valence electrons. The molecule has 0 saturated carbocycles. The first-order valence-corrected chi connectivity index (χ1v) is 6.59. The lowest BCUT2D eigenvalue weighted by Crippen LogP contribution is -2.47. The molecule has 0 radical (unpaired) electrons. The molecule has 5 nitrogen and oxygen atoms in total. The van der Waals surface area contributed by atoms with Crippen molar-refractivity contribution in [1.82, 2.24) is 10.6 Å². The number of rotatable bonds is 6. The van der Waals surface area contributed by atoms with Gasteiger partial charge >= 0.3 is 6.03 Å². The number of hydrogen-bond acceptors (Lipinski definition) is 3. The summed E-state index contributed by atoms with van der Waals surface area (Å²) in [5.74, 6) is 0.375. The Labute approximate surface area is 103 Å². The smallest absolute Gasteiger partial charge is 0.314 e. The van der Waals surface area contributed by atoms with Crippen molar-refractivity contribution in [2.45, 2.75) is 38.6 Å². The predicted octanol–water partition coefficient (Wildman–Crippen LogP) is 0.840. The predicted molar refractivity (Wildman–Crippen MR) is 67.8 cm³/mol. The number of hydrogen-bond donors (Lipinski definition) is 3. The summed E-state index contributed by atoms with van der Waals surface area (Å²) in [5, 5.41) is 5.61. The normalized spacial score (nSPS) is 21.9. The maximum absolute atomic E-state index is 11.4. The summed E-state index contributed by atoms with van der Waals surface area (Å²) in [6.07, 6.45) is 4.26. The minimum absolute atomic E-state index is 0.00720. The molecule has 0 aromatic heterocycles. The van der Waals surface area contributed by atoms with Crippen LogP contribution in [-0.2, 0) is 4.74 Å². The standard InChI is InChI=1S/C12H25N3O2/c1-2-3-6-14-12(16)15-8-11(13)10-5-4-7-17-9-10/h10-11H,2-9,13H2,1H3,(H2,14,15,16). The summed E-state index contributed by atoms with van der Waals surface area (Å²) in [4.78, 5) is 11.4. The molecule has 1 aliphatic rings. The van der Waals surface area contributed by atoms with E-state index in [2.05, 4.69) is 17.6 Å². The molecule has 0 aromatic rings. The summed E-state index contributed by atoms with van der Waals surface area (Å²) in [6.45, 7) is 4.91. The fraction of sp³-hybridized carbons (Fsp3) is 0.917. The van der Waals surface area contributed by atoms with Gasteiger partial charge in [0.05, 0.1) is 6.61 Å². The molecule has 0 aliphatic carbocycles. The second-order valence-corrected chi connectivity index (χ2v) is 4.63. The van der Waals surface area contributed by atoms with Crippen molar-refractivity contribution in [1.29, 1.82) is 0 Å². The Morgan fingerprint density at radius 1 is 1.53 bits per heavy atom. The summed E-state index contributed by atoms with van der Waals surface area (Å²) in [6, 6.07) is -0.127. The first kappa shape index (κ1) is 14.3. The van der Waals surface area contributed by atoms with E-state index in [9.17, 15) is 4.79 Å². The van der Waals surface area contributed by atoms with Gasteiger partial charge in [-0.2, -0.15) is 0 Å². The molecule has 17 heavy (non-hydrogen) atoms. The van der Waals surface area contributed by atoms with Crippen LogP contribution in [0.4, 0.5) is 4.79 Å². The van der Waals surface area contributed by atoms with E-state index in [0.717, 1.165) is 45.4 Å². The maximum Gasteiger partial charge on any atom is 0.314 e. The lowest BCUT2D eigenvalue weighted by atomic mass is 9.94. The minimum atomic E-state index is -0.120. The Kier molecular flexibility index (Phi) is 6.96. The number of unbranched alkanes of at least 4 members (excludes halogenated alkanes) is 1. The molecule has 1 rings (SSSR count).